The number of aromatic nitrogens is 2. The lowest BCUT2D eigenvalue weighted by molar-refractivity contribution is -0.136. The third-order valence-corrected chi connectivity index (χ3v) is 4.27. The standard InChI is InChI=1S/C20H19N5O4/c21-19(28)18-16(23-20(22)29)11-25(24-18)14-8-5-13(6-9-14)15-4-2-1-3-12(15)7-10-17(26)27/h1-6,8-9,11H,7,10H2,(H2,21,28)(H,26,27)(H3,22,23,29). The van der Waals surface area contributed by atoms with Gasteiger partial charge in [0.15, 0.2) is 5.69 Å². The van der Waals surface area contributed by atoms with Crippen molar-refractivity contribution in [3.8, 4) is 16.8 Å². The predicted octanol–water partition coefficient (Wildman–Crippen LogP) is 2.15. The van der Waals surface area contributed by atoms with Gasteiger partial charge >= 0.3 is 12.0 Å². The number of aryl methyl sites for hydroxylation is 1. The van der Waals surface area contributed by atoms with E-state index < -0.39 is 17.9 Å². The monoisotopic (exact) mass is 393 g/mol. The molecule has 3 amide bonds. The van der Waals surface area contributed by atoms with Gasteiger partial charge in [0.25, 0.3) is 5.91 Å². The minimum absolute atomic E-state index is 0.0495. The number of urea groups is 1. The molecule has 0 spiro atoms. The molecule has 0 saturated carbocycles. The normalized spacial score (nSPS) is 10.5. The summed E-state index contributed by atoms with van der Waals surface area (Å²) in [6.45, 7) is 0. The molecule has 148 valence electrons. The van der Waals surface area contributed by atoms with Crippen molar-refractivity contribution < 1.29 is 19.5 Å². The van der Waals surface area contributed by atoms with Crippen LogP contribution in [0.2, 0.25) is 0 Å². The summed E-state index contributed by atoms with van der Waals surface area (Å²) in [5, 5.41) is 15.4. The number of hydrogen-bond acceptors (Lipinski definition) is 4. The first-order valence-electron chi connectivity index (χ1n) is 8.71. The van der Waals surface area contributed by atoms with Gasteiger partial charge < -0.3 is 21.9 Å². The zero-order valence-corrected chi connectivity index (χ0v) is 15.3. The van der Waals surface area contributed by atoms with E-state index in [1.54, 1.807) is 12.1 Å². The highest BCUT2D eigenvalue weighted by Crippen LogP contribution is 2.26. The number of amides is 3. The molecular formula is C20H19N5O4. The van der Waals surface area contributed by atoms with Crippen molar-refractivity contribution in [3.63, 3.8) is 0 Å². The summed E-state index contributed by atoms with van der Waals surface area (Å²) in [4.78, 5) is 33.5. The highest BCUT2D eigenvalue weighted by Gasteiger charge is 2.16. The first-order valence-corrected chi connectivity index (χ1v) is 8.71. The number of nitrogens with zero attached hydrogens (tertiary/aromatic N) is 2. The topological polar surface area (TPSA) is 153 Å². The van der Waals surface area contributed by atoms with Gasteiger partial charge in [-0.05, 0) is 35.2 Å². The van der Waals surface area contributed by atoms with Crippen molar-refractivity contribution >= 4 is 23.6 Å². The molecule has 3 rings (SSSR count). The minimum atomic E-state index is -0.848. The molecule has 0 aliphatic heterocycles. The van der Waals surface area contributed by atoms with Crippen LogP contribution in [0.1, 0.15) is 22.5 Å². The third-order valence-electron chi connectivity index (χ3n) is 4.27. The Hall–Kier alpha value is -4.14. The summed E-state index contributed by atoms with van der Waals surface area (Å²) in [7, 11) is 0. The average Bonchev–Trinajstić information content (AvgIpc) is 3.10. The summed E-state index contributed by atoms with van der Waals surface area (Å²) >= 11 is 0. The van der Waals surface area contributed by atoms with Crippen LogP contribution < -0.4 is 16.8 Å². The van der Waals surface area contributed by atoms with Crippen LogP contribution in [0.15, 0.2) is 54.7 Å². The fraction of sp³-hybridized carbons (Fsp3) is 0.100. The Bertz CT molecular complexity index is 1070. The van der Waals surface area contributed by atoms with Crippen LogP contribution in [0.3, 0.4) is 0 Å². The lowest BCUT2D eigenvalue weighted by Crippen LogP contribution is -2.22. The SMILES string of the molecule is NC(=O)Nc1cn(-c2ccc(-c3ccccc3CCC(=O)O)cc2)nc1C(N)=O. The number of carbonyl (C=O) groups is 3. The molecule has 1 heterocycles. The van der Waals surface area contributed by atoms with Crippen molar-refractivity contribution in [3.05, 3.63) is 66.0 Å². The van der Waals surface area contributed by atoms with E-state index >= 15 is 0 Å². The Morgan fingerprint density at radius 3 is 2.34 bits per heavy atom. The number of carbonyl (C=O) groups excluding carboxylic acids is 2. The second-order valence-electron chi connectivity index (χ2n) is 6.29. The number of carboxylic acids is 1. The molecule has 0 bridgehead atoms. The van der Waals surface area contributed by atoms with Crippen LogP contribution >= 0.6 is 0 Å². The van der Waals surface area contributed by atoms with Crippen LogP contribution in [-0.4, -0.2) is 32.8 Å². The Morgan fingerprint density at radius 2 is 1.72 bits per heavy atom. The van der Waals surface area contributed by atoms with Crippen LogP contribution in [-0.2, 0) is 11.2 Å². The minimum Gasteiger partial charge on any atom is -0.481 e. The second-order valence-corrected chi connectivity index (χ2v) is 6.29. The average molecular weight is 393 g/mol. The summed E-state index contributed by atoms with van der Waals surface area (Å²) in [6, 6.07) is 14.1. The lowest BCUT2D eigenvalue weighted by atomic mass is 9.96. The number of primary amides is 2. The quantitative estimate of drug-likeness (QED) is 0.484. The fourth-order valence-electron chi connectivity index (χ4n) is 2.97. The maximum absolute atomic E-state index is 11.5. The van der Waals surface area contributed by atoms with Gasteiger partial charge in [0.05, 0.1) is 17.6 Å². The molecule has 0 saturated heterocycles. The van der Waals surface area contributed by atoms with E-state index in [2.05, 4.69) is 10.4 Å². The Labute approximate surface area is 165 Å². The van der Waals surface area contributed by atoms with E-state index in [1.165, 1.54) is 10.9 Å². The van der Waals surface area contributed by atoms with Crippen molar-refractivity contribution in [2.45, 2.75) is 12.8 Å². The van der Waals surface area contributed by atoms with Gasteiger partial charge in [0.2, 0.25) is 0 Å². The number of aliphatic carboxylic acids is 1. The van der Waals surface area contributed by atoms with Gasteiger partial charge in [-0.15, -0.1) is 0 Å². The molecule has 0 fully saturated rings. The van der Waals surface area contributed by atoms with Crippen molar-refractivity contribution in [2.75, 3.05) is 5.32 Å². The molecule has 0 aliphatic rings. The van der Waals surface area contributed by atoms with E-state index in [0.29, 0.717) is 12.1 Å². The van der Waals surface area contributed by atoms with Crippen LogP contribution in [0.25, 0.3) is 16.8 Å². The molecule has 9 nitrogen and oxygen atoms in total. The Balaban J connectivity index is 1.91. The largest absolute Gasteiger partial charge is 0.481 e. The maximum Gasteiger partial charge on any atom is 0.316 e. The Morgan fingerprint density at radius 1 is 1.03 bits per heavy atom. The second kappa shape index (κ2) is 8.26. The molecule has 1 aromatic heterocycles. The molecule has 0 unspecified atom stereocenters. The molecule has 29 heavy (non-hydrogen) atoms. The van der Waals surface area contributed by atoms with Crippen molar-refractivity contribution in [1.29, 1.82) is 0 Å². The molecule has 0 radical (unpaired) electrons. The van der Waals surface area contributed by atoms with Crippen molar-refractivity contribution in [1.82, 2.24) is 9.78 Å². The van der Waals surface area contributed by atoms with Gasteiger partial charge in [-0.25, -0.2) is 9.48 Å². The molecule has 0 atom stereocenters. The molecular weight excluding hydrogens is 374 g/mol. The molecule has 9 heteroatoms. The predicted molar refractivity (Wildman–Crippen MR) is 107 cm³/mol. The van der Waals surface area contributed by atoms with Gasteiger partial charge in [0.1, 0.15) is 0 Å². The van der Waals surface area contributed by atoms with Crippen molar-refractivity contribution in [2.24, 2.45) is 11.5 Å². The summed E-state index contributed by atoms with van der Waals surface area (Å²) in [5.41, 5.74) is 13.8. The number of hydrogen-bond donors (Lipinski definition) is 4. The highest BCUT2D eigenvalue weighted by atomic mass is 16.4. The van der Waals surface area contributed by atoms with Crippen LogP contribution in [0, 0.1) is 0 Å². The smallest absolute Gasteiger partial charge is 0.316 e. The van der Waals surface area contributed by atoms with E-state index in [-0.39, 0.29) is 17.8 Å². The number of anilines is 1. The highest BCUT2D eigenvalue weighted by molar-refractivity contribution is 6.00. The van der Waals surface area contributed by atoms with Gasteiger partial charge in [0, 0.05) is 6.42 Å². The van der Waals surface area contributed by atoms with Crippen LogP contribution in [0.4, 0.5) is 10.5 Å². The van der Waals surface area contributed by atoms with E-state index in [4.69, 9.17) is 16.6 Å². The molecule has 6 N–H and O–H groups in total. The summed E-state index contributed by atoms with van der Waals surface area (Å²) < 4.78 is 1.41. The zero-order valence-electron chi connectivity index (χ0n) is 15.3. The maximum atomic E-state index is 11.5. The zero-order chi connectivity index (χ0) is 21.0. The molecule has 3 aromatic rings. The van der Waals surface area contributed by atoms with E-state index in [0.717, 1.165) is 16.7 Å². The van der Waals surface area contributed by atoms with E-state index in [1.807, 2.05) is 36.4 Å². The number of carboxylic acid groups (broad SMARTS) is 1. The van der Waals surface area contributed by atoms with E-state index in [9.17, 15) is 14.4 Å². The summed E-state index contributed by atoms with van der Waals surface area (Å²) in [6.07, 6.45) is 1.92. The number of nitrogens with one attached hydrogen (secondary N) is 1. The number of rotatable bonds is 7. The first kappa shape index (κ1) is 19.6. The van der Waals surface area contributed by atoms with Gasteiger partial charge in [-0.2, -0.15) is 5.10 Å². The van der Waals surface area contributed by atoms with Gasteiger partial charge in [-0.1, -0.05) is 36.4 Å². The number of nitrogens with two attached hydrogens (primary N) is 2. The first-order chi connectivity index (χ1) is 13.8. The van der Waals surface area contributed by atoms with Gasteiger partial charge in [-0.3, -0.25) is 9.59 Å². The lowest BCUT2D eigenvalue weighted by Gasteiger charge is -2.10. The number of benzene rings is 2. The Kier molecular flexibility index (Phi) is 5.59. The molecule has 0 aliphatic carbocycles. The molecule has 2 aromatic carbocycles. The fourth-order valence-corrected chi connectivity index (χ4v) is 2.97. The third kappa shape index (κ3) is 4.59. The van der Waals surface area contributed by atoms with Crippen LogP contribution in [0.5, 0.6) is 0 Å². The summed E-state index contributed by atoms with van der Waals surface area (Å²) in [5.74, 6) is -1.64.